The van der Waals surface area contributed by atoms with Gasteiger partial charge in [0.25, 0.3) is 0 Å². The Bertz CT molecular complexity index is 1140. The van der Waals surface area contributed by atoms with Crippen molar-refractivity contribution >= 4 is 31.9 Å². The number of carboxylic acids is 1. The topological polar surface area (TPSA) is 92.7 Å². The summed E-state index contributed by atoms with van der Waals surface area (Å²) in [5.41, 5.74) is 0.619. The van der Waals surface area contributed by atoms with E-state index in [1.807, 2.05) is 24.3 Å². The average molecular weight is 506 g/mol. The number of halogens is 1. The molecule has 6 nitrogen and oxygen atoms in total. The summed E-state index contributed by atoms with van der Waals surface area (Å²) in [5.74, 6) is -1.13. The molecule has 0 saturated carbocycles. The number of rotatable bonds is 7. The molecule has 0 bridgehead atoms. The fourth-order valence-corrected chi connectivity index (χ4v) is 5.53. The van der Waals surface area contributed by atoms with Crippen molar-refractivity contribution in [2.24, 2.45) is 5.92 Å². The molecular weight excluding hydrogens is 482 g/mol. The van der Waals surface area contributed by atoms with E-state index in [1.54, 1.807) is 38.1 Å². The van der Waals surface area contributed by atoms with Crippen LogP contribution in [0.15, 0.2) is 81.2 Å². The van der Waals surface area contributed by atoms with Crippen LogP contribution in [0.2, 0.25) is 0 Å². The molecule has 0 spiro atoms. The summed E-state index contributed by atoms with van der Waals surface area (Å²) in [4.78, 5) is 12.1. The molecule has 0 amide bonds. The summed E-state index contributed by atoms with van der Waals surface area (Å²) in [6, 6.07) is 13.6. The number of carbonyl (C=O) groups is 1. The Morgan fingerprint density at radius 3 is 2.32 bits per heavy atom. The van der Waals surface area contributed by atoms with Crippen LogP contribution in [0.4, 0.5) is 0 Å². The third kappa shape index (κ3) is 5.26. The minimum atomic E-state index is -3.93. The number of methoxy groups -OCH3 is 1. The Kier molecular flexibility index (Phi) is 6.73. The lowest BCUT2D eigenvalue weighted by atomic mass is 9.73. The first-order valence-electron chi connectivity index (χ1n) is 9.61. The molecular formula is C23H24BrNO5S. The zero-order chi connectivity index (χ0) is 22.8. The molecule has 1 aliphatic rings. The molecule has 0 saturated heterocycles. The van der Waals surface area contributed by atoms with Crippen molar-refractivity contribution in [3.05, 3.63) is 81.9 Å². The lowest BCUT2D eigenvalue weighted by molar-refractivity contribution is -0.133. The Hall–Kier alpha value is -2.42. The molecule has 0 heterocycles. The molecule has 2 aromatic rings. The maximum absolute atomic E-state index is 13.2. The normalized spacial score (nSPS) is 21.2. The van der Waals surface area contributed by atoms with Gasteiger partial charge in [0.15, 0.2) is 0 Å². The smallest absolute Gasteiger partial charge is 0.331 e. The van der Waals surface area contributed by atoms with Gasteiger partial charge in [-0.1, -0.05) is 39.7 Å². The molecule has 2 N–H and O–H groups in total. The van der Waals surface area contributed by atoms with Crippen LogP contribution in [0, 0.1) is 5.92 Å². The Morgan fingerprint density at radius 2 is 1.77 bits per heavy atom. The van der Waals surface area contributed by atoms with Crippen LogP contribution in [0.5, 0.6) is 5.75 Å². The molecule has 164 valence electrons. The number of hydrogen-bond acceptors (Lipinski definition) is 4. The second-order valence-corrected chi connectivity index (χ2v) is 10.3. The van der Waals surface area contributed by atoms with Crippen molar-refractivity contribution in [2.75, 3.05) is 7.11 Å². The first kappa shape index (κ1) is 23.2. The maximum atomic E-state index is 13.2. The van der Waals surface area contributed by atoms with Crippen molar-refractivity contribution in [3.8, 4) is 5.75 Å². The van der Waals surface area contributed by atoms with Crippen LogP contribution in [0.3, 0.4) is 0 Å². The van der Waals surface area contributed by atoms with Gasteiger partial charge in [-0.05, 0) is 68.3 Å². The lowest BCUT2D eigenvalue weighted by Gasteiger charge is -2.39. The van der Waals surface area contributed by atoms with E-state index in [9.17, 15) is 18.3 Å². The highest BCUT2D eigenvalue weighted by atomic mass is 79.9. The largest absolute Gasteiger partial charge is 0.497 e. The highest BCUT2D eigenvalue weighted by Crippen LogP contribution is 2.37. The fraction of sp³-hybridized carbons (Fsp3) is 0.261. The van der Waals surface area contributed by atoms with Gasteiger partial charge in [0.1, 0.15) is 5.75 Å². The van der Waals surface area contributed by atoms with E-state index >= 15 is 0 Å². The zero-order valence-electron chi connectivity index (χ0n) is 17.4. The molecule has 31 heavy (non-hydrogen) atoms. The molecule has 0 aliphatic heterocycles. The molecule has 2 atom stereocenters. The van der Waals surface area contributed by atoms with Crippen LogP contribution in [-0.2, 0) is 21.2 Å². The summed E-state index contributed by atoms with van der Waals surface area (Å²) in [7, 11) is -2.42. The summed E-state index contributed by atoms with van der Waals surface area (Å²) < 4.78 is 35.1. The van der Waals surface area contributed by atoms with Gasteiger partial charge in [-0.3, -0.25) is 0 Å². The quantitative estimate of drug-likeness (QED) is 0.584. The Morgan fingerprint density at radius 1 is 1.16 bits per heavy atom. The van der Waals surface area contributed by atoms with Crippen LogP contribution in [-0.4, -0.2) is 32.1 Å². The van der Waals surface area contributed by atoms with E-state index in [0.717, 1.165) is 10.0 Å². The lowest BCUT2D eigenvalue weighted by Crippen LogP contribution is -2.53. The number of sulfonamides is 1. The molecule has 0 fully saturated rings. The van der Waals surface area contributed by atoms with Crippen LogP contribution < -0.4 is 9.46 Å². The van der Waals surface area contributed by atoms with Gasteiger partial charge >= 0.3 is 5.97 Å². The monoisotopic (exact) mass is 505 g/mol. The third-order valence-electron chi connectivity index (χ3n) is 5.33. The summed E-state index contributed by atoms with van der Waals surface area (Å²) >= 11 is 3.40. The van der Waals surface area contributed by atoms with E-state index in [2.05, 4.69) is 20.7 Å². The van der Waals surface area contributed by atoms with Crippen LogP contribution in [0.25, 0.3) is 0 Å². The first-order chi connectivity index (χ1) is 14.5. The van der Waals surface area contributed by atoms with Crippen LogP contribution in [0.1, 0.15) is 19.4 Å². The van der Waals surface area contributed by atoms with Gasteiger partial charge in [0, 0.05) is 16.0 Å². The van der Waals surface area contributed by atoms with E-state index in [0.29, 0.717) is 17.7 Å². The minimum absolute atomic E-state index is 0.0781. The van der Waals surface area contributed by atoms with Crippen molar-refractivity contribution in [3.63, 3.8) is 0 Å². The number of nitrogens with one attached hydrogen (secondary N) is 1. The highest BCUT2D eigenvalue weighted by molar-refractivity contribution is 9.10. The maximum Gasteiger partial charge on any atom is 0.331 e. The van der Waals surface area contributed by atoms with Gasteiger partial charge in [-0.25, -0.2) is 17.9 Å². The summed E-state index contributed by atoms with van der Waals surface area (Å²) in [5, 5.41) is 9.86. The molecule has 0 aromatic heterocycles. The number of aliphatic carboxylic acids is 1. The Labute approximate surface area is 190 Å². The van der Waals surface area contributed by atoms with E-state index < -0.39 is 27.4 Å². The van der Waals surface area contributed by atoms with Gasteiger partial charge < -0.3 is 9.84 Å². The van der Waals surface area contributed by atoms with E-state index in [-0.39, 0.29) is 10.5 Å². The third-order valence-corrected chi connectivity index (χ3v) is 7.46. The second kappa shape index (κ2) is 8.98. The molecule has 8 heteroatoms. The van der Waals surface area contributed by atoms with Gasteiger partial charge in [0.05, 0.1) is 17.5 Å². The molecule has 1 aliphatic carbocycles. The molecule has 3 rings (SSSR count). The fourth-order valence-electron chi connectivity index (χ4n) is 3.88. The summed E-state index contributed by atoms with van der Waals surface area (Å²) in [6.45, 7) is 3.48. The predicted molar refractivity (Wildman–Crippen MR) is 123 cm³/mol. The Balaban J connectivity index is 2.01. The van der Waals surface area contributed by atoms with Crippen molar-refractivity contribution < 1.29 is 23.1 Å². The van der Waals surface area contributed by atoms with Gasteiger partial charge in [-0.15, -0.1) is 0 Å². The first-order valence-corrected chi connectivity index (χ1v) is 11.9. The summed E-state index contributed by atoms with van der Waals surface area (Å²) in [6.07, 6.45) is 3.75. The highest BCUT2D eigenvalue weighted by Gasteiger charge is 2.42. The predicted octanol–water partition coefficient (Wildman–Crippen LogP) is 4.32. The van der Waals surface area contributed by atoms with Gasteiger partial charge in [-0.2, -0.15) is 0 Å². The number of hydrogen-bond donors (Lipinski definition) is 2. The van der Waals surface area contributed by atoms with Crippen molar-refractivity contribution in [1.29, 1.82) is 0 Å². The minimum Gasteiger partial charge on any atom is -0.497 e. The number of benzene rings is 2. The number of ether oxygens (including phenoxy) is 1. The number of allylic oxidation sites excluding steroid dienone is 2. The standard InChI is InChI=1S/C23H24BrNO5S/c1-15-12-20(22(26)27)21(13-16-4-6-17(24)7-5-16)23(2,14-15)25-31(28,29)19-10-8-18(30-3)9-11-19/h4-12,14,21,25H,13H2,1-3H3,(H,26,27). The molecule has 2 aromatic carbocycles. The van der Waals surface area contributed by atoms with Crippen molar-refractivity contribution in [2.45, 2.75) is 30.7 Å². The SMILES string of the molecule is COc1ccc(S(=O)(=O)NC2(C)C=C(C)C=C(C(=O)O)C2Cc2ccc(Br)cc2)cc1. The number of carboxylic acid groups (broad SMARTS) is 1. The second-order valence-electron chi connectivity index (χ2n) is 7.74. The average Bonchev–Trinajstić information content (AvgIpc) is 2.70. The van der Waals surface area contributed by atoms with Crippen molar-refractivity contribution in [1.82, 2.24) is 4.72 Å². The van der Waals surface area contributed by atoms with E-state index in [4.69, 9.17) is 4.74 Å². The van der Waals surface area contributed by atoms with Crippen LogP contribution >= 0.6 is 15.9 Å². The molecule has 0 radical (unpaired) electrons. The molecule has 2 unspecified atom stereocenters. The zero-order valence-corrected chi connectivity index (χ0v) is 19.8. The van der Waals surface area contributed by atoms with Gasteiger partial charge in [0.2, 0.25) is 10.0 Å². The van der Waals surface area contributed by atoms with E-state index in [1.165, 1.54) is 19.2 Å².